The van der Waals surface area contributed by atoms with Crippen molar-refractivity contribution >= 4 is 22.6 Å². The zero-order valence-electron chi connectivity index (χ0n) is 20.1. The SMILES string of the molecule is CCN(CCOc1cc(Cc2ccc3[nH]c(C)c(C)c3c2)nc(N2CCOCC2)c1)C(C)=O. The quantitative estimate of drug-likeness (QED) is 0.564. The molecule has 1 saturated heterocycles. The maximum atomic E-state index is 11.7. The first-order valence-electron chi connectivity index (χ1n) is 11.7. The van der Waals surface area contributed by atoms with Crippen molar-refractivity contribution in [2.24, 2.45) is 0 Å². The van der Waals surface area contributed by atoms with Crippen LogP contribution in [0.2, 0.25) is 0 Å². The van der Waals surface area contributed by atoms with Gasteiger partial charge in [0.2, 0.25) is 5.91 Å². The van der Waals surface area contributed by atoms with Gasteiger partial charge in [-0.1, -0.05) is 6.07 Å². The maximum absolute atomic E-state index is 11.7. The highest BCUT2D eigenvalue weighted by molar-refractivity contribution is 5.85. The first-order valence-corrected chi connectivity index (χ1v) is 11.7. The highest BCUT2D eigenvalue weighted by atomic mass is 16.5. The average molecular weight is 451 g/mol. The Labute approximate surface area is 195 Å². The van der Waals surface area contributed by atoms with E-state index in [0.29, 0.717) is 32.9 Å². The summed E-state index contributed by atoms with van der Waals surface area (Å²) in [5.41, 5.74) is 5.85. The second kappa shape index (κ2) is 10.3. The van der Waals surface area contributed by atoms with E-state index in [9.17, 15) is 4.79 Å². The van der Waals surface area contributed by atoms with Crippen molar-refractivity contribution in [1.82, 2.24) is 14.9 Å². The van der Waals surface area contributed by atoms with Gasteiger partial charge in [-0.2, -0.15) is 0 Å². The summed E-state index contributed by atoms with van der Waals surface area (Å²) in [6.07, 6.45) is 0.725. The van der Waals surface area contributed by atoms with Crippen LogP contribution in [0.1, 0.15) is 36.4 Å². The molecule has 7 heteroatoms. The summed E-state index contributed by atoms with van der Waals surface area (Å²) in [7, 11) is 0. The van der Waals surface area contributed by atoms with E-state index in [-0.39, 0.29) is 5.91 Å². The molecule has 4 rings (SSSR count). The number of aromatic nitrogens is 2. The number of fused-ring (bicyclic) bond motifs is 1. The third-order valence-electron chi connectivity index (χ3n) is 6.39. The Bertz CT molecular complexity index is 1120. The highest BCUT2D eigenvalue weighted by Gasteiger charge is 2.16. The zero-order valence-corrected chi connectivity index (χ0v) is 20.1. The van der Waals surface area contributed by atoms with E-state index in [2.05, 4.69) is 41.9 Å². The summed E-state index contributed by atoms with van der Waals surface area (Å²) < 4.78 is 11.6. The lowest BCUT2D eigenvalue weighted by Gasteiger charge is -2.28. The van der Waals surface area contributed by atoms with Gasteiger partial charge in [0, 0.05) is 61.7 Å². The van der Waals surface area contributed by atoms with Crippen molar-refractivity contribution in [1.29, 1.82) is 0 Å². The molecule has 0 radical (unpaired) electrons. The van der Waals surface area contributed by atoms with Crippen LogP contribution in [0.3, 0.4) is 0 Å². The lowest BCUT2D eigenvalue weighted by molar-refractivity contribution is -0.129. The number of likely N-dealkylation sites (N-methyl/N-ethyl adjacent to an activating group) is 1. The Morgan fingerprint density at radius 1 is 1.21 bits per heavy atom. The molecule has 7 nitrogen and oxygen atoms in total. The van der Waals surface area contributed by atoms with Crippen molar-refractivity contribution in [2.45, 2.75) is 34.1 Å². The smallest absolute Gasteiger partial charge is 0.219 e. The fourth-order valence-corrected chi connectivity index (χ4v) is 4.31. The van der Waals surface area contributed by atoms with Crippen LogP contribution >= 0.6 is 0 Å². The van der Waals surface area contributed by atoms with E-state index in [1.807, 2.05) is 19.1 Å². The number of rotatable bonds is 8. The van der Waals surface area contributed by atoms with E-state index in [1.165, 1.54) is 27.7 Å². The number of hydrogen-bond acceptors (Lipinski definition) is 5. The molecule has 1 aliphatic rings. The van der Waals surface area contributed by atoms with Crippen LogP contribution in [0, 0.1) is 13.8 Å². The first kappa shape index (κ1) is 23.1. The van der Waals surface area contributed by atoms with Crippen molar-refractivity contribution in [3.05, 3.63) is 52.8 Å². The van der Waals surface area contributed by atoms with Crippen LogP contribution in [0.25, 0.3) is 10.9 Å². The van der Waals surface area contributed by atoms with Gasteiger partial charge in [-0.15, -0.1) is 0 Å². The second-order valence-electron chi connectivity index (χ2n) is 8.63. The molecule has 1 amide bonds. The van der Waals surface area contributed by atoms with Crippen LogP contribution in [-0.2, 0) is 16.0 Å². The second-order valence-corrected chi connectivity index (χ2v) is 8.63. The van der Waals surface area contributed by atoms with Crippen LogP contribution in [0.5, 0.6) is 5.75 Å². The van der Waals surface area contributed by atoms with E-state index in [0.717, 1.165) is 36.8 Å². The molecule has 0 saturated carbocycles. The molecule has 3 heterocycles. The molecule has 1 N–H and O–H groups in total. The molecular formula is C26H34N4O3. The number of amides is 1. The summed E-state index contributed by atoms with van der Waals surface area (Å²) in [6, 6.07) is 10.6. The number of aryl methyl sites for hydroxylation is 2. The van der Waals surface area contributed by atoms with Crippen LogP contribution < -0.4 is 9.64 Å². The summed E-state index contributed by atoms with van der Waals surface area (Å²) in [6.45, 7) is 12.6. The van der Waals surface area contributed by atoms with E-state index >= 15 is 0 Å². The molecular weight excluding hydrogens is 416 g/mol. The van der Waals surface area contributed by atoms with Crippen LogP contribution in [-0.4, -0.2) is 66.8 Å². The number of pyridine rings is 1. The van der Waals surface area contributed by atoms with Gasteiger partial charge in [0.05, 0.1) is 25.5 Å². The van der Waals surface area contributed by atoms with Gasteiger partial charge in [0.1, 0.15) is 18.2 Å². The minimum atomic E-state index is 0.0659. The fourth-order valence-electron chi connectivity index (χ4n) is 4.31. The Kier molecular flexibility index (Phi) is 7.18. The summed E-state index contributed by atoms with van der Waals surface area (Å²) >= 11 is 0. The fraction of sp³-hybridized carbons (Fsp3) is 0.462. The molecule has 33 heavy (non-hydrogen) atoms. The van der Waals surface area contributed by atoms with Gasteiger partial charge in [0.25, 0.3) is 0 Å². The highest BCUT2D eigenvalue weighted by Crippen LogP contribution is 2.26. The Balaban J connectivity index is 1.57. The number of morpholine rings is 1. The monoisotopic (exact) mass is 450 g/mol. The number of nitrogens with zero attached hydrogens (tertiary/aromatic N) is 3. The number of ether oxygens (including phenoxy) is 2. The minimum Gasteiger partial charge on any atom is -0.492 e. The molecule has 3 aromatic rings. The average Bonchev–Trinajstić information content (AvgIpc) is 3.10. The molecule has 0 spiro atoms. The molecule has 2 aromatic heterocycles. The Hall–Kier alpha value is -3.06. The van der Waals surface area contributed by atoms with E-state index in [1.54, 1.807) is 11.8 Å². The molecule has 0 unspecified atom stereocenters. The predicted octanol–water partition coefficient (Wildman–Crippen LogP) is 3.85. The molecule has 1 aromatic carbocycles. The molecule has 0 bridgehead atoms. The number of nitrogens with one attached hydrogen (secondary N) is 1. The van der Waals surface area contributed by atoms with Gasteiger partial charge in [-0.05, 0) is 44.0 Å². The number of H-pyrrole nitrogens is 1. The summed E-state index contributed by atoms with van der Waals surface area (Å²) in [5.74, 6) is 1.77. The molecule has 1 fully saturated rings. The standard InChI is InChI=1S/C26H34N4O3/c1-5-29(20(4)31)10-13-33-23-16-22(28-26(17-23)30-8-11-32-12-9-30)14-21-6-7-25-24(15-21)18(2)19(3)27-25/h6-7,15-17,27H,5,8-14H2,1-4H3. The lowest BCUT2D eigenvalue weighted by atomic mass is 10.0. The normalized spacial score (nSPS) is 14.0. The zero-order chi connectivity index (χ0) is 23.4. The Morgan fingerprint density at radius 2 is 2.00 bits per heavy atom. The largest absolute Gasteiger partial charge is 0.492 e. The molecule has 0 aliphatic carbocycles. The van der Waals surface area contributed by atoms with Gasteiger partial charge in [0.15, 0.2) is 0 Å². The lowest BCUT2D eigenvalue weighted by Crippen LogP contribution is -2.37. The summed E-state index contributed by atoms with van der Waals surface area (Å²) in [5, 5.41) is 1.26. The van der Waals surface area contributed by atoms with Crippen LogP contribution in [0.15, 0.2) is 30.3 Å². The van der Waals surface area contributed by atoms with Crippen molar-refractivity contribution in [3.8, 4) is 5.75 Å². The molecule has 1 aliphatic heterocycles. The third kappa shape index (κ3) is 5.47. The molecule has 176 valence electrons. The number of benzene rings is 1. The predicted molar refractivity (Wildman–Crippen MR) is 131 cm³/mol. The van der Waals surface area contributed by atoms with Gasteiger partial charge < -0.3 is 24.3 Å². The first-order chi connectivity index (χ1) is 15.9. The number of hydrogen-bond donors (Lipinski definition) is 1. The van der Waals surface area contributed by atoms with E-state index in [4.69, 9.17) is 14.5 Å². The minimum absolute atomic E-state index is 0.0659. The van der Waals surface area contributed by atoms with Crippen LogP contribution in [0.4, 0.5) is 5.82 Å². The maximum Gasteiger partial charge on any atom is 0.219 e. The Morgan fingerprint density at radius 3 is 2.73 bits per heavy atom. The van der Waals surface area contributed by atoms with Gasteiger partial charge >= 0.3 is 0 Å². The number of carbonyl (C=O) groups is 1. The van der Waals surface area contributed by atoms with Crippen molar-refractivity contribution in [3.63, 3.8) is 0 Å². The molecule has 0 atom stereocenters. The van der Waals surface area contributed by atoms with Gasteiger partial charge in [-0.3, -0.25) is 4.79 Å². The van der Waals surface area contributed by atoms with Crippen molar-refractivity contribution in [2.75, 3.05) is 50.9 Å². The topological polar surface area (TPSA) is 70.7 Å². The van der Waals surface area contributed by atoms with Crippen molar-refractivity contribution < 1.29 is 14.3 Å². The number of anilines is 1. The summed E-state index contributed by atoms with van der Waals surface area (Å²) in [4.78, 5) is 24.1. The third-order valence-corrected chi connectivity index (χ3v) is 6.39. The van der Waals surface area contributed by atoms with E-state index < -0.39 is 0 Å². The van der Waals surface area contributed by atoms with Gasteiger partial charge in [-0.25, -0.2) is 4.98 Å². The number of carbonyl (C=O) groups excluding carboxylic acids is 1. The number of aromatic amines is 1.